The molecular formula is C13H16N4OS. The quantitative estimate of drug-likeness (QED) is 0.843. The van der Waals surface area contributed by atoms with Crippen molar-refractivity contribution in [2.24, 2.45) is 5.73 Å². The topological polar surface area (TPSA) is 65.8 Å². The van der Waals surface area contributed by atoms with E-state index >= 15 is 0 Å². The molecule has 0 aliphatic rings. The van der Waals surface area contributed by atoms with E-state index in [4.69, 9.17) is 18.0 Å². The zero-order chi connectivity index (χ0) is 14.2. The minimum Gasteiger partial charge on any atom is -0.388 e. The van der Waals surface area contributed by atoms with Crippen LogP contribution in [0.5, 0.6) is 0 Å². The molecule has 0 saturated carbocycles. The highest BCUT2D eigenvalue weighted by Gasteiger charge is 2.18. The molecule has 2 heterocycles. The van der Waals surface area contributed by atoms with Gasteiger partial charge in [-0.05, 0) is 32.9 Å². The van der Waals surface area contributed by atoms with Crippen LogP contribution in [0.1, 0.15) is 26.5 Å². The second kappa shape index (κ2) is 4.62. The van der Waals surface area contributed by atoms with Gasteiger partial charge in [-0.2, -0.15) is 0 Å². The largest absolute Gasteiger partial charge is 0.388 e. The van der Waals surface area contributed by atoms with E-state index in [9.17, 15) is 4.79 Å². The number of hydrogen-bond donors (Lipinski definition) is 1. The molecule has 0 spiro atoms. The second-order valence-electron chi connectivity index (χ2n) is 5.22. The van der Waals surface area contributed by atoms with Gasteiger partial charge in [0.2, 0.25) is 5.82 Å². The van der Waals surface area contributed by atoms with Gasteiger partial charge in [-0.1, -0.05) is 12.2 Å². The summed E-state index contributed by atoms with van der Waals surface area (Å²) in [6, 6.07) is 3.54. The van der Waals surface area contributed by atoms with E-state index in [-0.39, 0.29) is 16.1 Å². The molecule has 2 N–H and O–H groups in total. The van der Waals surface area contributed by atoms with Gasteiger partial charge < -0.3 is 10.3 Å². The maximum Gasteiger partial charge on any atom is 0.294 e. The minimum atomic E-state index is -0.314. The Bertz CT molecular complexity index is 678. The van der Waals surface area contributed by atoms with Crippen LogP contribution >= 0.6 is 12.2 Å². The van der Waals surface area contributed by atoms with E-state index in [1.54, 1.807) is 39.9 Å². The fourth-order valence-corrected chi connectivity index (χ4v) is 2.03. The van der Waals surface area contributed by atoms with Crippen LogP contribution < -0.4 is 11.3 Å². The van der Waals surface area contributed by atoms with Crippen molar-refractivity contribution < 1.29 is 0 Å². The lowest BCUT2D eigenvalue weighted by Gasteiger charge is -2.22. The van der Waals surface area contributed by atoms with Crippen LogP contribution in [-0.4, -0.2) is 19.1 Å². The van der Waals surface area contributed by atoms with Crippen LogP contribution in [0.25, 0.3) is 5.82 Å². The van der Waals surface area contributed by atoms with E-state index in [1.807, 2.05) is 20.8 Å². The molecule has 0 amide bonds. The molecule has 2 aromatic rings. The third-order valence-electron chi connectivity index (χ3n) is 2.77. The molecular weight excluding hydrogens is 260 g/mol. The summed E-state index contributed by atoms with van der Waals surface area (Å²) in [5, 5.41) is 0. The molecule has 0 unspecified atom stereocenters. The standard InChI is InChI=1S/C13H16N4OS/c1-13(2,3)17-8-6-15-11(12(17)18)16-7-4-5-9(16)10(14)19/h4-8H,1-3H3,(H2,14,19). The van der Waals surface area contributed by atoms with Crippen LogP contribution in [0, 0.1) is 0 Å². The second-order valence-corrected chi connectivity index (χ2v) is 5.66. The van der Waals surface area contributed by atoms with Gasteiger partial charge in [0.05, 0.1) is 5.69 Å². The van der Waals surface area contributed by atoms with Crippen molar-refractivity contribution in [2.45, 2.75) is 26.3 Å². The summed E-state index contributed by atoms with van der Waals surface area (Å²) in [5.74, 6) is 0.297. The Labute approximate surface area is 116 Å². The van der Waals surface area contributed by atoms with Crippen molar-refractivity contribution in [3.8, 4) is 5.82 Å². The summed E-state index contributed by atoms with van der Waals surface area (Å²) in [4.78, 5) is 16.9. The van der Waals surface area contributed by atoms with Crippen molar-refractivity contribution in [1.29, 1.82) is 0 Å². The molecule has 19 heavy (non-hydrogen) atoms. The maximum absolute atomic E-state index is 12.5. The number of nitrogens with zero attached hydrogens (tertiary/aromatic N) is 3. The third-order valence-corrected chi connectivity index (χ3v) is 2.98. The molecule has 100 valence electrons. The first kappa shape index (κ1) is 13.5. The van der Waals surface area contributed by atoms with Gasteiger partial charge in [0.25, 0.3) is 5.56 Å². The summed E-state index contributed by atoms with van der Waals surface area (Å²) in [5.41, 5.74) is 5.76. The Morgan fingerprint density at radius 2 is 2.05 bits per heavy atom. The van der Waals surface area contributed by atoms with Crippen LogP contribution in [0.2, 0.25) is 0 Å². The van der Waals surface area contributed by atoms with Crippen LogP contribution in [0.4, 0.5) is 0 Å². The van der Waals surface area contributed by atoms with Gasteiger partial charge in [-0.15, -0.1) is 0 Å². The smallest absolute Gasteiger partial charge is 0.294 e. The Morgan fingerprint density at radius 3 is 2.63 bits per heavy atom. The lowest BCUT2D eigenvalue weighted by atomic mass is 10.1. The Hall–Kier alpha value is -1.95. The monoisotopic (exact) mass is 276 g/mol. The van der Waals surface area contributed by atoms with E-state index < -0.39 is 0 Å². The molecule has 0 atom stereocenters. The highest BCUT2D eigenvalue weighted by atomic mass is 32.1. The van der Waals surface area contributed by atoms with Crippen LogP contribution in [-0.2, 0) is 5.54 Å². The number of nitrogens with two attached hydrogens (primary N) is 1. The zero-order valence-electron chi connectivity index (χ0n) is 11.1. The first-order valence-electron chi connectivity index (χ1n) is 5.88. The summed E-state index contributed by atoms with van der Waals surface area (Å²) in [7, 11) is 0. The molecule has 0 bridgehead atoms. The molecule has 2 rings (SSSR count). The summed E-state index contributed by atoms with van der Waals surface area (Å²) in [6.07, 6.45) is 5.01. The van der Waals surface area contributed by atoms with Gasteiger partial charge >= 0.3 is 0 Å². The third kappa shape index (κ3) is 2.44. The zero-order valence-corrected chi connectivity index (χ0v) is 11.9. The van der Waals surface area contributed by atoms with Crippen molar-refractivity contribution in [3.63, 3.8) is 0 Å². The van der Waals surface area contributed by atoms with Crippen LogP contribution in [0.15, 0.2) is 35.5 Å². The van der Waals surface area contributed by atoms with Crippen molar-refractivity contribution in [3.05, 3.63) is 46.8 Å². The van der Waals surface area contributed by atoms with Crippen molar-refractivity contribution in [2.75, 3.05) is 0 Å². The molecule has 0 fully saturated rings. The highest BCUT2D eigenvalue weighted by molar-refractivity contribution is 7.80. The van der Waals surface area contributed by atoms with E-state index in [1.165, 1.54) is 0 Å². The predicted octanol–water partition coefficient (Wildman–Crippen LogP) is 1.42. The van der Waals surface area contributed by atoms with E-state index in [0.717, 1.165) is 0 Å². The summed E-state index contributed by atoms with van der Waals surface area (Å²) >= 11 is 4.97. The molecule has 0 aliphatic carbocycles. The number of thiocarbonyl (C=S) groups is 1. The van der Waals surface area contributed by atoms with E-state index in [2.05, 4.69) is 4.98 Å². The molecule has 0 saturated heterocycles. The van der Waals surface area contributed by atoms with Gasteiger partial charge in [0.15, 0.2) is 0 Å². The van der Waals surface area contributed by atoms with Gasteiger partial charge in [-0.25, -0.2) is 4.98 Å². The fraction of sp³-hybridized carbons (Fsp3) is 0.308. The van der Waals surface area contributed by atoms with Gasteiger partial charge in [0, 0.05) is 24.1 Å². The normalized spacial score (nSPS) is 11.5. The SMILES string of the molecule is CC(C)(C)n1ccnc(-n2cccc2C(N)=S)c1=O. The molecule has 0 radical (unpaired) electrons. The first-order valence-corrected chi connectivity index (χ1v) is 6.29. The molecule has 6 heteroatoms. The highest BCUT2D eigenvalue weighted by Crippen LogP contribution is 2.12. The van der Waals surface area contributed by atoms with Crippen molar-refractivity contribution >= 4 is 17.2 Å². The Balaban J connectivity index is 2.68. The Morgan fingerprint density at radius 1 is 1.37 bits per heavy atom. The average molecular weight is 276 g/mol. The first-order chi connectivity index (χ1) is 8.82. The summed E-state index contributed by atoms with van der Waals surface area (Å²) in [6.45, 7) is 5.88. The van der Waals surface area contributed by atoms with Gasteiger partial charge in [-0.3, -0.25) is 9.36 Å². The van der Waals surface area contributed by atoms with Gasteiger partial charge in [0.1, 0.15) is 4.99 Å². The van der Waals surface area contributed by atoms with E-state index in [0.29, 0.717) is 11.5 Å². The molecule has 2 aromatic heterocycles. The molecule has 0 aromatic carbocycles. The van der Waals surface area contributed by atoms with Crippen molar-refractivity contribution in [1.82, 2.24) is 14.1 Å². The lowest BCUT2D eigenvalue weighted by molar-refractivity contribution is 0.381. The number of aromatic nitrogens is 3. The average Bonchev–Trinajstić information content (AvgIpc) is 2.76. The summed E-state index contributed by atoms with van der Waals surface area (Å²) < 4.78 is 3.26. The minimum absolute atomic E-state index is 0.177. The molecule has 5 nitrogen and oxygen atoms in total. The Kier molecular flexibility index (Phi) is 3.28. The molecule has 0 aliphatic heterocycles. The predicted molar refractivity (Wildman–Crippen MR) is 78.7 cm³/mol. The maximum atomic E-state index is 12.5. The fourth-order valence-electron chi connectivity index (χ4n) is 1.86. The lowest BCUT2D eigenvalue weighted by Crippen LogP contribution is -2.36. The number of hydrogen-bond acceptors (Lipinski definition) is 3. The number of rotatable bonds is 2. The van der Waals surface area contributed by atoms with Crippen LogP contribution in [0.3, 0.4) is 0 Å².